The Morgan fingerprint density at radius 1 is 1.00 bits per heavy atom. The first-order valence-electron chi connectivity index (χ1n) is 6.51. The summed E-state index contributed by atoms with van der Waals surface area (Å²) in [5.74, 6) is -1.14. The molecule has 6 heteroatoms. The standard InChI is InChI=1S/C15H20BO5/c1-5-12(17)16-9-15(8-4,10-20-13(18)6-2)11-21-14(19)7-3/h5-7H,1-3,8-11H2,4H3. The molecular weight excluding hydrogens is 271 g/mol. The number of rotatable bonds is 11. The second-order valence-electron chi connectivity index (χ2n) is 4.49. The maximum atomic E-state index is 11.3. The Labute approximate surface area is 125 Å². The molecule has 0 saturated carbocycles. The van der Waals surface area contributed by atoms with E-state index in [0.29, 0.717) is 12.7 Å². The van der Waals surface area contributed by atoms with Gasteiger partial charge in [0.25, 0.3) is 0 Å². The molecule has 0 aromatic rings. The molecule has 0 saturated heterocycles. The first-order valence-corrected chi connectivity index (χ1v) is 6.51. The van der Waals surface area contributed by atoms with Crippen LogP contribution in [0.15, 0.2) is 38.0 Å². The maximum absolute atomic E-state index is 11.3. The second kappa shape index (κ2) is 9.74. The van der Waals surface area contributed by atoms with Crippen LogP contribution in [0.1, 0.15) is 13.3 Å². The van der Waals surface area contributed by atoms with Crippen molar-refractivity contribution in [3.63, 3.8) is 0 Å². The Balaban J connectivity index is 4.87. The average Bonchev–Trinajstić information content (AvgIpc) is 2.53. The zero-order valence-electron chi connectivity index (χ0n) is 12.3. The quantitative estimate of drug-likeness (QED) is 0.329. The Morgan fingerprint density at radius 3 is 1.81 bits per heavy atom. The van der Waals surface area contributed by atoms with E-state index in [9.17, 15) is 14.4 Å². The van der Waals surface area contributed by atoms with Gasteiger partial charge in [0.2, 0.25) is 7.28 Å². The third-order valence-corrected chi connectivity index (χ3v) is 3.06. The number of carbonyl (C=O) groups excluding carboxylic acids is 3. The van der Waals surface area contributed by atoms with Crippen LogP contribution in [0.2, 0.25) is 6.32 Å². The molecule has 0 aromatic carbocycles. The lowest BCUT2D eigenvalue weighted by Crippen LogP contribution is -2.35. The zero-order chi connectivity index (χ0) is 16.3. The summed E-state index contributed by atoms with van der Waals surface area (Å²) in [6, 6.07) is 0. The predicted molar refractivity (Wildman–Crippen MR) is 80.8 cm³/mol. The fourth-order valence-electron chi connectivity index (χ4n) is 1.47. The van der Waals surface area contributed by atoms with Gasteiger partial charge in [-0.15, -0.1) is 0 Å². The van der Waals surface area contributed by atoms with Crippen molar-refractivity contribution in [3.05, 3.63) is 38.0 Å². The van der Waals surface area contributed by atoms with Crippen molar-refractivity contribution in [2.45, 2.75) is 19.7 Å². The third kappa shape index (κ3) is 7.30. The Hall–Kier alpha value is -2.11. The Bertz CT molecular complexity index is 368. The van der Waals surface area contributed by atoms with Gasteiger partial charge in [-0.2, -0.15) is 0 Å². The minimum absolute atomic E-state index is 0.0136. The van der Waals surface area contributed by atoms with E-state index in [4.69, 9.17) is 9.47 Å². The average molecular weight is 291 g/mol. The van der Waals surface area contributed by atoms with Crippen LogP contribution in [0.4, 0.5) is 0 Å². The van der Waals surface area contributed by atoms with Crippen molar-refractivity contribution in [2.75, 3.05) is 13.2 Å². The summed E-state index contributed by atoms with van der Waals surface area (Å²) in [5.41, 5.74) is -0.909. The minimum Gasteiger partial charge on any atom is -0.462 e. The van der Waals surface area contributed by atoms with Gasteiger partial charge < -0.3 is 14.3 Å². The van der Waals surface area contributed by atoms with Crippen molar-refractivity contribution in [3.8, 4) is 0 Å². The van der Waals surface area contributed by atoms with E-state index in [0.717, 1.165) is 12.2 Å². The highest BCUT2D eigenvalue weighted by Gasteiger charge is 2.32. The van der Waals surface area contributed by atoms with Crippen LogP contribution in [0.5, 0.6) is 0 Å². The molecule has 0 heterocycles. The summed E-state index contributed by atoms with van der Waals surface area (Å²) in [6.45, 7) is 11.9. The van der Waals surface area contributed by atoms with Crippen molar-refractivity contribution >= 4 is 24.9 Å². The van der Waals surface area contributed by atoms with E-state index in [-0.39, 0.29) is 18.9 Å². The van der Waals surface area contributed by atoms with Gasteiger partial charge in [0, 0.05) is 17.6 Å². The molecule has 0 aliphatic heterocycles. The Kier molecular flexibility index (Phi) is 8.77. The number of ether oxygens (including phenoxy) is 2. The summed E-state index contributed by atoms with van der Waals surface area (Å²) in [4.78, 5) is 33.8. The summed E-state index contributed by atoms with van der Waals surface area (Å²) in [7, 11) is 1.43. The smallest absolute Gasteiger partial charge is 0.330 e. The van der Waals surface area contributed by atoms with E-state index in [1.807, 2.05) is 6.92 Å². The zero-order valence-corrected chi connectivity index (χ0v) is 12.3. The molecule has 113 valence electrons. The topological polar surface area (TPSA) is 69.7 Å². The maximum Gasteiger partial charge on any atom is 0.330 e. The van der Waals surface area contributed by atoms with E-state index in [1.165, 1.54) is 13.4 Å². The summed E-state index contributed by atoms with van der Waals surface area (Å²) >= 11 is 0. The van der Waals surface area contributed by atoms with Crippen LogP contribution < -0.4 is 0 Å². The van der Waals surface area contributed by atoms with Gasteiger partial charge in [0.15, 0.2) is 0 Å². The van der Waals surface area contributed by atoms with E-state index in [1.54, 1.807) is 0 Å². The highest BCUT2D eigenvalue weighted by molar-refractivity contribution is 6.76. The molecule has 21 heavy (non-hydrogen) atoms. The number of carbonyl (C=O) groups is 3. The minimum atomic E-state index is -0.671. The Morgan fingerprint density at radius 2 is 1.48 bits per heavy atom. The van der Waals surface area contributed by atoms with Gasteiger partial charge in [0.1, 0.15) is 5.68 Å². The van der Waals surface area contributed by atoms with Crippen LogP contribution in [0, 0.1) is 5.41 Å². The highest BCUT2D eigenvalue weighted by atomic mass is 16.5. The second-order valence-corrected chi connectivity index (χ2v) is 4.49. The van der Waals surface area contributed by atoms with Crippen LogP contribution in [-0.2, 0) is 23.9 Å². The molecule has 0 bridgehead atoms. The molecule has 0 amide bonds. The molecule has 0 fully saturated rings. The molecule has 0 unspecified atom stereocenters. The predicted octanol–water partition coefficient (Wildman–Crippen LogP) is 1.68. The number of hydrogen-bond donors (Lipinski definition) is 0. The molecule has 0 spiro atoms. The van der Waals surface area contributed by atoms with Crippen molar-refractivity contribution in [1.29, 1.82) is 0 Å². The molecular formula is C15H20BO5. The van der Waals surface area contributed by atoms with E-state index < -0.39 is 17.4 Å². The van der Waals surface area contributed by atoms with Gasteiger partial charge in [-0.25, -0.2) is 9.59 Å². The molecule has 0 aliphatic rings. The van der Waals surface area contributed by atoms with Crippen molar-refractivity contribution < 1.29 is 23.9 Å². The highest BCUT2D eigenvalue weighted by Crippen LogP contribution is 2.28. The van der Waals surface area contributed by atoms with Crippen molar-refractivity contribution in [2.24, 2.45) is 5.41 Å². The fourth-order valence-corrected chi connectivity index (χ4v) is 1.47. The van der Waals surface area contributed by atoms with Gasteiger partial charge in [-0.3, -0.25) is 0 Å². The molecule has 0 aromatic heterocycles. The molecule has 0 aliphatic carbocycles. The summed E-state index contributed by atoms with van der Waals surface area (Å²) in [6.07, 6.45) is 4.13. The summed E-state index contributed by atoms with van der Waals surface area (Å²) < 4.78 is 10.1. The van der Waals surface area contributed by atoms with E-state index in [2.05, 4.69) is 19.7 Å². The normalized spacial score (nSPS) is 10.1. The van der Waals surface area contributed by atoms with Crippen LogP contribution >= 0.6 is 0 Å². The van der Waals surface area contributed by atoms with Gasteiger partial charge >= 0.3 is 11.9 Å². The molecule has 5 nitrogen and oxygen atoms in total. The lowest BCUT2D eigenvalue weighted by atomic mass is 9.59. The first-order chi connectivity index (χ1) is 9.92. The lowest BCUT2D eigenvalue weighted by molar-refractivity contribution is -0.147. The van der Waals surface area contributed by atoms with Gasteiger partial charge in [0.05, 0.1) is 13.2 Å². The monoisotopic (exact) mass is 291 g/mol. The molecule has 0 N–H and O–H groups in total. The van der Waals surface area contributed by atoms with Gasteiger partial charge in [-0.05, 0) is 12.5 Å². The van der Waals surface area contributed by atoms with Crippen LogP contribution in [0.25, 0.3) is 0 Å². The number of esters is 2. The third-order valence-electron chi connectivity index (χ3n) is 3.06. The number of hydrogen-bond acceptors (Lipinski definition) is 5. The molecule has 1 radical (unpaired) electrons. The molecule has 0 rings (SSSR count). The van der Waals surface area contributed by atoms with Crippen LogP contribution in [0.3, 0.4) is 0 Å². The SMILES string of the molecule is C=CC(=O)[B]CC(CC)(COC(=O)C=C)COC(=O)C=C. The van der Waals surface area contributed by atoms with Crippen LogP contribution in [-0.4, -0.2) is 38.1 Å². The largest absolute Gasteiger partial charge is 0.462 e. The van der Waals surface area contributed by atoms with Gasteiger partial charge in [-0.1, -0.05) is 33.0 Å². The first kappa shape index (κ1) is 18.9. The van der Waals surface area contributed by atoms with E-state index >= 15 is 0 Å². The lowest BCUT2D eigenvalue weighted by Gasteiger charge is -2.31. The number of allylic oxidation sites excluding steroid dienone is 1. The summed E-state index contributed by atoms with van der Waals surface area (Å²) in [5, 5.41) is 0. The van der Waals surface area contributed by atoms with Crippen molar-refractivity contribution in [1.82, 2.24) is 0 Å². The fraction of sp³-hybridized carbons (Fsp3) is 0.400. The molecule has 0 atom stereocenters.